The van der Waals surface area contributed by atoms with Gasteiger partial charge in [0.05, 0.1) is 17.6 Å². The standard InChI is InChI=1S/C25H34N6O.CH4/c1-19-4-7-22(8-5-19)31-18-21-16-26-17-23(25(21)28-31)30-13-10-20(11-14-30)6-9-24(32)27-12-15-29(2)3;/h4-5,7-8,16-18,20H,6,9-15H2,1-3H3,(H,27,32);1H4. The van der Waals surface area contributed by atoms with Gasteiger partial charge in [-0.05, 0) is 58.3 Å². The number of nitrogens with one attached hydrogen (secondary N) is 1. The normalized spacial score (nSPS) is 14.5. The summed E-state index contributed by atoms with van der Waals surface area (Å²) in [4.78, 5) is 21.0. The molecule has 178 valence electrons. The topological polar surface area (TPSA) is 66.3 Å². The van der Waals surface area contributed by atoms with Crippen molar-refractivity contribution >= 4 is 22.5 Å². The molecule has 1 fully saturated rings. The monoisotopic (exact) mass is 450 g/mol. The summed E-state index contributed by atoms with van der Waals surface area (Å²) in [6, 6.07) is 8.40. The maximum atomic E-state index is 12.1. The predicted octanol–water partition coefficient (Wildman–Crippen LogP) is 4.04. The van der Waals surface area contributed by atoms with E-state index < -0.39 is 0 Å². The molecular weight excluding hydrogens is 412 g/mol. The van der Waals surface area contributed by atoms with Gasteiger partial charge in [-0.2, -0.15) is 5.10 Å². The quantitative estimate of drug-likeness (QED) is 0.561. The number of fused-ring (bicyclic) bond motifs is 1. The van der Waals surface area contributed by atoms with Crippen molar-refractivity contribution in [3.8, 4) is 5.69 Å². The lowest BCUT2D eigenvalue weighted by Gasteiger charge is -2.33. The van der Waals surface area contributed by atoms with E-state index in [0.717, 1.165) is 67.7 Å². The van der Waals surface area contributed by atoms with Gasteiger partial charge in [0.1, 0.15) is 5.52 Å². The molecule has 2 aromatic heterocycles. The lowest BCUT2D eigenvalue weighted by atomic mass is 9.92. The van der Waals surface area contributed by atoms with Gasteiger partial charge in [0.15, 0.2) is 0 Å². The number of carbonyl (C=O) groups excluding carboxylic acids is 1. The summed E-state index contributed by atoms with van der Waals surface area (Å²) in [5.74, 6) is 0.771. The van der Waals surface area contributed by atoms with E-state index in [1.165, 1.54) is 5.56 Å². The zero-order chi connectivity index (χ0) is 22.5. The largest absolute Gasteiger partial charge is 0.368 e. The summed E-state index contributed by atoms with van der Waals surface area (Å²) in [7, 11) is 4.03. The van der Waals surface area contributed by atoms with Crippen molar-refractivity contribution in [2.24, 2.45) is 5.92 Å². The number of rotatable bonds is 8. The van der Waals surface area contributed by atoms with Crippen LogP contribution < -0.4 is 10.2 Å². The molecule has 7 heteroatoms. The smallest absolute Gasteiger partial charge is 0.220 e. The summed E-state index contributed by atoms with van der Waals surface area (Å²) < 4.78 is 1.94. The number of carbonyl (C=O) groups is 1. The average Bonchev–Trinajstić information content (AvgIpc) is 3.23. The van der Waals surface area contributed by atoms with Crippen molar-refractivity contribution in [3.63, 3.8) is 0 Å². The van der Waals surface area contributed by atoms with Crippen LogP contribution in [-0.2, 0) is 4.79 Å². The molecule has 0 radical (unpaired) electrons. The van der Waals surface area contributed by atoms with Crippen molar-refractivity contribution < 1.29 is 4.79 Å². The molecule has 1 saturated heterocycles. The maximum Gasteiger partial charge on any atom is 0.220 e. The minimum atomic E-state index is 0. The third-order valence-corrected chi connectivity index (χ3v) is 6.31. The maximum absolute atomic E-state index is 12.1. The minimum absolute atomic E-state index is 0. The first-order valence-electron chi connectivity index (χ1n) is 11.6. The number of benzene rings is 1. The van der Waals surface area contributed by atoms with Gasteiger partial charge in [0.25, 0.3) is 0 Å². The van der Waals surface area contributed by atoms with E-state index in [9.17, 15) is 4.79 Å². The molecule has 0 bridgehead atoms. The van der Waals surface area contributed by atoms with Gasteiger partial charge in [-0.3, -0.25) is 9.78 Å². The number of likely N-dealkylation sites (N-methyl/N-ethyl adjacent to an activating group) is 1. The van der Waals surface area contributed by atoms with Gasteiger partial charge in [0.2, 0.25) is 5.91 Å². The van der Waals surface area contributed by atoms with Crippen molar-refractivity contribution in [2.45, 2.75) is 40.0 Å². The second-order valence-corrected chi connectivity index (χ2v) is 9.13. The van der Waals surface area contributed by atoms with Crippen molar-refractivity contribution in [3.05, 3.63) is 48.4 Å². The van der Waals surface area contributed by atoms with E-state index in [4.69, 9.17) is 5.10 Å². The number of amides is 1. The Morgan fingerprint density at radius 1 is 1.15 bits per heavy atom. The molecule has 7 nitrogen and oxygen atoms in total. The Kier molecular flexibility index (Phi) is 8.44. The molecule has 1 aliphatic heterocycles. The molecule has 1 N–H and O–H groups in total. The molecule has 0 atom stereocenters. The predicted molar refractivity (Wildman–Crippen MR) is 136 cm³/mol. The van der Waals surface area contributed by atoms with Crippen molar-refractivity contribution in [1.29, 1.82) is 0 Å². The second-order valence-electron chi connectivity index (χ2n) is 9.13. The Morgan fingerprint density at radius 2 is 1.88 bits per heavy atom. The van der Waals surface area contributed by atoms with Gasteiger partial charge in [-0.25, -0.2) is 4.68 Å². The molecule has 3 aromatic rings. The number of hydrogen-bond acceptors (Lipinski definition) is 5. The third-order valence-electron chi connectivity index (χ3n) is 6.31. The highest BCUT2D eigenvalue weighted by molar-refractivity contribution is 5.89. The summed E-state index contributed by atoms with van der Waals surface area (Å²) in [5.41, 5.74) is 4.40. The zero-order valence-corrected chi connectivity index (χ0v) is 19.4. The SMILES string of the molecule is C.Cc1ccc(-n2cc3cncc(N4CCC(CCC(=O)NCCN(C)C)CC4)c3n2)cc1. The number of aromatic nitrogens is 3. The highest BCUT2D eigenvalue weighted by Crippen LogP contribution is 2.30. The van der Waals surface area contributed by atoms with E-state index in [0.29, 0.717) is 12.3 Å². The summed E-state index contributed by atoms with van der Waals surface area (Å²) in [6.45, 7) is 5.64. The average molecular weight is 451 g/mol. The molecule has 0 aliphatic carbocycles. The number of aryl methyl sites for hydroxylation is 1. The van der Waals surface area contributed by atoms with Crippen LogP contribution in [0.1, 0.15) is 38.7 Å². The van der Waals surface area contributed by atoms with Crippen LogP contribution in [0.2, 0.25) is 0 Å². The van der Waals surface area contributed by atoms with Gasteiger partial charge in [0, 0.05) is 50.4 Å². The number of piperidine rings is 1. The second kappa shape index (κ2) is 11.3. The first kappa shape index (κ1) is 24.7. The van der Waals surface area contributed by atoms with E-state index in [1.54, 1.807) is 0 Å². The highest BCUT2D eigenvalue weighted by atomic mass is 16.1. The summed E-state index contributed by atoms with van der Waals surface area (Å²) in [5, 5.41) is 8.96. The van der Waals surface area contributed by atoms with Crippen molar-refractivity contribution in [2.75, 3.05) is 45.2 Å². The minimum Gasteiger partial charge on any atom is -0.368 e. The fourth-order valence-electron chi connectivity index (χ4n) is 4.30. The number of anilines is 1. The molecule has 1 aliphatic rings. The van der Waals surface area contributed by atoms with E-state index in [2.05, 4.69) is 57.5 Å². The highest BCUT2D eigenvalue weighted by Gasteiger charge is 2.22. The van der Waals surface area contributed by atoms with Crippen molar-refractivity contribution in [1.82, 2.24) is 25.0 Å². The first-order chi connectivity index (χ1) is 15.5. The molecule has 0 saturated carbocycles. The molecule has 1 aromatic carbocycles. The lowest BCUT2D eigenvalue weighted by molar-refractivity contribution is -0.121. The van der Waals surface area contributed by atoms with Crippen LogP contribution in [0.3, 0.4) is 0 Å². The summed E-state index contributed by atoms with van der Waals surface area (Å²) >= 11 is 0. The molecular formula is C26H38N6O. The van der Waals surface area contributed by atoms with Gasteiger partial charge >= 0.3 is 0 Å². The molecule has 33 heavy (non-hydrogen) atoms. The van der Waals surface area contributed by atoms with Crippen LogP contribution >= 0.6 is 0 Å². The van der Waals surface area contributed by atoms with Crippen LogP contribution in [0.25, 0.3) is 16.6 Å². The number of pyridine rings is 1. The number of hydrogen-bond donors (Lipinski definition) is 1. The molecule has 0 spiro atoms. The molecule has 0 unspecified atom stereocenters. The van der Waals surface area contributed by atoms with Crippen LogP contribution in [0.4, 0.5) is 5.69 Å². The zero-order valence-electron chi connectivity index (χ0n) is 19.4. The Bertz CT molecular complexity index is 1030. The van der Waals surface area contributed by atoms with Crippen LogP contribution in [0.15, 0.2) is 42.9 Å². The Hall–Kier alpha value is -2.93. The van der Waals surface area contributed by atoms with Gasteiger partial charge < -0.3 is 15.1 Å². The molecule has 1 amide bonds. The first-order valence-corrected chi connectivity index (χ1v) is 11.6. The van der Waals surface area contributed by atoms with Gasteiger partial charge in [-0.1, -0.05) is 25.1 Å². The third kappa shape index (κ3) is 6.32. The fraction of sp³-hybridized carbons (Fsp3) is 0.500. The molecule has 4 rings (SSSR count). The van der Waals surface area contributed by atoms with Crippen LogP contribution in [-0.4, -0.2) is 65.8 Å². The Labute approximate surface area is 197 Å². The van der Waals surface area contributed by atoms with Crippen LogP contribution in [0, 0.1) is 12.8 Å². The van der Waals surface area contributed by atoms with Gasteiger partial charge in [-0.15, -0.1) is 0 Å². The lowest BCUT2D eigenvalue weighted by Crippen LogP contribution is -2.35. The number of nitrogens with zero attached hydrogens (tertiary/aromatic N) is 5. The Morgan fingerprint density at radius 3 is 2.58 bits per heavy atom. The van der Waals surface area contributed by atoms with Crippen LogP contribution in [0.5, 0.6) is 0 Å². The summed E-state index contributed by atoms with van der Waals surface area (Å²) in [6.07, 6.45) is 9.66. The Balaban J connectivity index is 0.00000306. The van der Waals surface area contributed by atoms with E-state index in [1.807, 2.05) is 31.2 Å². The molecule has 3 heterocycles. The van der Waals surface area contributed by atoms with E-state index >= 15 is 0 Å². The van der Waals surface area contributed by atoms with E-state index in [-0.39, 0.29) is 13.3 Å². The fourth-order valence-corrected chi connectivity index (χ4v) is 4.30.